The first kappa shape index (κ1) is 10.7. The fourth-order valence-electron chi connectivity index (χ4n) is 1.93. The number of nitrogens with one attached hydrogen (secondary N) is 1. The van der Waals surface area contributed by atoms with E-state index in [1.54, 1.807) is 42.3 Å². The monoisotopic (exact) mass is 242 g/mol. The van der Waals surface area contributed by atoms with Gasteiger partial charge in [0.25, 0.3) is 0 Å². The third-order valence-electron chi connectivity index (χ3n) is 2.71. The number of aryl methyl sites for hydroxylation is 1. The highest BCUT2D eigenvalue weighted by Gasteiger charge is 2.16. The van der Waals surface area contributed by atoms with Crippen molar-refractivity contribution in [1.29, 1.82) is 0 Å². The number of aromatic amines is 1. The highest BCUT2D eigenvalue weighted by atomic mass is 19.1. The van der Waals surface area contributed by atoms with Crippen LogP contribution >= 0.6 is 0 Å². The maximum absolute atomic E-state index is 13.8. The standard InChI is InChI=1S/C13H11FN4/c1-18-8-10(13-15-6-7-16-13)12(17-18)9-4-2-3-5-11(9)14/h2-8H,1H3,(H,15,16). The maximum Gasteiger partial charge on any atom is 0.141 e. The number of benzene rings is 1. The zero-order valence-electron chi connectivity index (χ0n) is 9.76. The van der Waals surface area contributed by atoms with Gasteiger partial charge in [-0.2, -0.15) is 5.10 Å². The van der Waals surface area contributed by atoms with Crippen molar-refractivity contribution >= 4 is 0 Å². The maximum atomic E-state index is 13.8. The van der Waals surface area contributed by atoms with Crippen LogP contribution in [-0.4, -0.2) is 19.7 Å². The van der Waals surface area contributed by atoms with Crippen molar-refractivity contribution < 1.29 is 4.39 Å². The van der Waals surface area contributed by atoms with Crippen molar-refractivity contribution in [2.24, 2.45) is 7.05 Å². The average Bonchev–Trinajstić information content (AvgIpc) is 2.98. The Labute approximate surface area is 103 Å². The second-order valence-corrected chi connectivity index (χ2v) is 3.98. The molecule has 3 aromatic rings. The number of hydrogen-bond donors (Lipinski definition) is 1. The molecule has 0 atom stereocenters. The van der Waals surface area contributed by atoms with Crippen LogP contribution in [0.1, 0.15) is 0 Å². The van der Waals surface area contributed by atoms with Crippen LogP contribution in [0.3, 0.4) is 0 Å². The van der Waals surface area contributed by atoms with Gasteiger partial charge < -0.3 is 4.98 Å². The first-order valence-electron chi connectivity index (χ1n) is 5.54. The SMILES string of the molecule is Cn1cc(-c2ncc[nH]2)c(-c2ccccc2F)n1. The molecule has 2 heterocycles. The van der Waals surface area contributed by atoms with Crippen molar-refractivity contribution in [2.45, 2.75) is 0 Å². The van der Waals surface area contributed by atoms with Crippen LogP contribution in [0.2, 0.25) is 0 Å². The Morgan fingerprint density at radius 3 is 2.78 bits per heavy atom. The number of nitrogens with zero attached hydrogens (tertiary/aromatic N) is 3. The fraction of sp³-hybridized carbons (Fsp3) is 0.0769. The average molecular weight is 242 g/mol. The quantitative estimate of drug-likeness (QED) is 0.750. The zero-order valence-corrected chi connectivity index (χ0v) is 9.76. The van der Waals surface area contributed by atoms with Gasteiger partial charge in [-0.1, -0.05) is 12.1 Å². The molecule has 18 heavy (non-hydrogen) atoms. The molecule has 0 fully saturated rings. The molecule has 0 aliphatic heterocycles. The van der Waals surface area contributed by atoms with E-state index < -0.39 is 0 Å². The van der Waals surface area contributed by atoms with E-state index in [0.717, 1.165) is 5.56 Å². The minimum absolute atomic E-state index is 0.288. The van der Waals surface area contributed by atoms with Gasteiger partial charge in [-0.15, -0.1) is 0 Å². The molecule has 1 aromatic carbocycles. The number of halogens is 1. The summed E-state index contributed by atoms with van der Waals surface area (Å²) in [6.45, 7) is 0. The topological polar surface area (TPSA) is 46.5 Å². The van der Waals surface area contributed by atoms with Crippen LogP contribution in [0.25, 0.3) is 22.6 Å². The molecule has 3 rings (SSSR count). The van der Waals surface area contributed by atoms with Gasteiger partial charge in [-0.3, -0.25) is 4.68 Å². The lowest BCUT2D eigenvalue weighted by Crippen LogP contribution is -1.90. The Kier molecular flexibility index (Phi) is 2.44. The molecule has 0 amide bonds. The molecule has 0 unspecified atom stereocenters. The second kappa shape index (κ2) is 4.10. The van der Waals surface area contributed by atoms with E-state index in [1.807, 2.05) is 6.20 Å². The van der Waals surface area contributed by atoms with E-state index in [-0.39, 0.29) is 5.82 Å². The smallest absolute Gasteiger partial charge is 0.141 e. The Balaban J connectivity index is 2.22. The fourth-order valence-corrected chi connectivity index (χ4v) is 1.93. The summed E-state index contributed by atoms with van der Waals surface area (Å²) in [7, 11) is 1.80. The predicted molar refractivity (Wildman–Crippen MR) is 66.2 cm³/mol. The number of aromatic nitrogens is 4. The summed E-state index contributed by atoms with van der Waals surface area (Å²) >= 11 is 0. The van der Waals surface area contributed by atoms with Crippen LogP contribution in [0.5, 0.6) is 0 Å². The molecule has 0 aliphatic rings. The summed E-state index contributed by atoms with van der Waals surface area (Å²) < 4.78 is 15.5. The molecule has 4 nitrogen and oxygen atoms in total. The minimum Gasteiger partial charge on any atom is -0.345 e. The number of rotatable bonds is 2. The van der Waals surface area contributed by atoms with Crippen molar-refractivity contribution in [3.05, 3.63) is 48.7 Å². The van der Waals surface area contributed by atoms with Crippen LogP contribution in [-0.2, 0) is 7.05 Å². The van der Waals surface area contributed by atoms with Crippen LogP contribution in [0.4, 0.5) is 4.39 Å². The summed E-state index contributed by atoms with van der Waals surface area (Å²) in [5.41, 5.74) is 1.85. The van der Waals surface area contributed by atoms with Crippen molar-refractivity contribution in [1.82, 2.24) is 19.7 Å². The molecule has 0 spiro atoms. The molecular weight excluding hydrogens is 231 g/mol. The summed E-state index contributed by atoms with van der Waals surface area (Å²) in [4.78, 5) is 7.19. The van der Waals surface area contributed by atoms with Gasteiger partial charge in [0, 0.05) is 31.2 Å². The van der Waals surface area contributed by atoms with E-state index >= 15 is 0 Å². The molecule has 1 N–H and O–H groups in total. The lowest BCUT2D eigenvalue weighted by molar-refractivity contribution is 0.630. The van der Waals surface area contributed by atoms with E-state index in [9.17, 15) is 4.39 Å². The predicted octanol–water partition coefficient (Wildman–Crippen LogP) is 2.62. The Morgan fingerprint density at radius 2 is 2.06 bits per heavy atom. The summed E-state index contributed by atoms with van der Waals surface area (Å²) in [5, 5.41) is 4.31. The second-order valence-electron chi connectivity index (χ2n) is 3.98. The Morgan fingerprint density at radius 1 is 1.22 bits per heavy atom. The third-order valence-corrected chi connectivity index (χ3v) is 2.71. The molecule has 0 radical (unpaired) electrons. The van der Waals surface area contributed by atoms with E-state index in [4.69, 9.17) is 0 Å². The molecule has 0 saturated heterocycles. The molecule has 0 bridgehead atoms. The van der Waals surface area contributed by atoms with Crippen molar-refractivity contribution in [3.8, 4) is 22.6 Å². The first-order valence-corrected chi connectivity index (χ1v) is 5.54. The third kappa shape index (κ3) is 1.69. The number of imidazole rings is 1. The van der Waals surface area contributed by atoms with Crippen molar-refractivity contribution in [3.63, 3.8) is 0 Å². The van der Waals surface area contributed by atoms with E-state index in [2.05, 4.69) is 15.1 Å². The lowest BCUT2D eigenvalue weighted by Gasteiger charge is -2.01. The molecular formula is C13H11FN4. The van der Waals surface area contributed by atoms with Gasteiger partial charge in [0.05, 0.1) is 5.56 Å². The number of hydrogen-bond acceptors (Lipinski definition) is 2. The highest BCUT2D eigenvalue weighted by molar-refractivity contribution is 5.77. The van der Waals surface area contributed by atoms with Crippen LogP contribution in [0.15, 0.2) is 42.9 Å². The first-order chi connectivity index (χ1) is 8.75. The lowest BCUT2D eigenvalue weighted by atomic mass is 10.1. The van der Waals surface area contributed by atoms with Crippen LogP contribution in [0, 0.1) is 5.82 Å². The van der Waals surface area contributed by atoms with Gasteiger partial charge in [0.1, 0.15) is 17.3 Å². The molecule has 2 aromatic heterocycles. The Hall–Kier alpha value is -2.43. The van der Waals surface area contributed by atoms with Gasteiger partial charge in [-0.25, -0.2) is 9.37 Å². The van der Waals surface area contributed by atoms with Gasteiger partial charge >= 0.3 is 0 Å². The summed E-state index contributed by atoms with van der Waals surface area (Å²) in [6.07, 6.45) is 5.21. The van der Waals surface area contributed by atoms with Gasteiger partial charge in [0.2, 0.25) is 0 Å². The molecule has 0 aliphatic carbocycles. The minimum atomic E-state index is -0.288. The molecule has 5 heteroatoms. The number of H-pyrrole nitrogens is 1. The van der Waals surface area contributed by atoms with Gasteiger partial charge in [0.15, 0.2) is 0 Å². The van der Waals surface area contributed by atoms with E-state index in [1.165, 1.54) is 6.07 Å². The van der Waals surface area contributed by atoms with Crippen LogP contribution < -0.4 is 0 Å². The summed E-state index contributed by atoms with van der Waals surface area (Å²) in [5.74, 6) is 0.394. The Bertz CT molecular complexity index is 670. The van der Waals surface area contributed by atoms with Crippen molar-refractivity contribution in [2.75, 3.05) is 0 Å². The molecule has 0 saturated carbocycles. The largest absolute Gasteiger partial charge is 0.345 e. The van der Waals surface area contributed by atoms with E-state index in [0.29, 0.717) is 17.1 Å². The highest BCUT2D eigenvalue weighted by Crippen LogP contribution is 2.30. The molecule has 90 valence electrons. The normalized spacial score (nSPS) is 10.8. The summed E-state index contributed by atoms with van der Waals surface area (Å²) in [6, 6.07) is 6.59. The van der Waals surface area contributed by atoms with Gasteiger partial charge in [-0.05, 0) is 12.1 Å². The zero-order chi connectivity index (χ0) is 12.5.